The minimum atomic E-state index is -0.827. The van der Waals surface area contributed by atoms with Gasteiger partial charge in [-0.25, -0.2) is 0 Å². The zero-order valence-corrected chi connectivity index (χ0v) is 6.14. The van der Waals surface area contributed by atoms with Gasteiger partial charge in [0.2, 0.25) is 5.79 Å². The van der Waals surface area contributed by atoms with Crippen LogP contribution in [-0.2, 0) is 14.3 Å². The van der Waals surface area contributed by atoms with Gasteiger partial charge in [0.25, 0.3) is 0 Å². The van der Waals surface area contributed by atoms with Gasteiger partial charge in [0.1, 0.15) is 12.2 Å². The molecule has 1 heterocycles. The summed E-state index contributed by atoms with van der Waals surface area (Å²) in [7, 11) is 0. The highest BCUT2D eigenvalue weighted by atomic mass is 16.7. The molecule has 1 saturated heterocycles. The Bertz CT molecular complexity index is 163. The molecular formula is C7H10O3. The van der Waals surface area contributed by atoms with E-state index in [-0.39, 0.29) is 12.4 Å². The fraction of sp³-hybridized carbons (Fsp3) is 0.571. The molecule has 1 aliphatic rings. The average Bonchev–Trinajstić information content (AvgIpc) is 1.54. The summed E-state index contributed by atoms with van der Waals surface area (Å²) >= 11 is 0. The van der Waals surface area contributed by atoms with Crippen LogP contribution in [0.25, 0.3) is 0 Å². The van der Waals surface area contributed by atoms with Gasteiger partial charge in [-0.2, -0.15) is 0 Å². The van der Waals surface area contributed by atoms with Crippen molar-refractivity contribution in [1.82, 2.24) is 0 Å². The average molecular weight is 142 g/mol. The predicted molar refractivity (Wildman–Crippen MR) is 35.0 cm³/mol. The summed E-state index contributed by atoms with van der Waals surface area (Å²) in [6.07, 6.45) is 0.170. The van der Waals surface area contributed by atoms with E-state index in [1.54, 1.807) is 13.8 Å². The van der Waals surface area contributed by atoms with E-state index >= 15 is 0 Å². The predicted octanol–water partition coefficient (Wildman–Crippen LogP) is 1.20. The Morgan fingerprint density at radius 2 is 2.10 bits per heavy atom. The fourth-order valence-electron chi connectivity index (χ4n) is 0.876. The summed E-state index contributed by atoms with van der Waals surface area (Å²) in [5, 5.41) is 0. The first-order valence-corrected chi connectivity index (χ1v) is 3.08. The fourth-order valence-corrected chi connectivity index (χ4v) is 0.876. The molecule has 0 radical (unpaired) electrons. The maximum atomic E-state index is 10.7. The monoisotopic (exact) mass is 142 g/mol. The molecule has 10 heavy (non-hydrogen) atoms. The van der Waals surface area contributed by atoms with Crippen LogP contribution in [0.1, 0.15) is 20.3 Å². The van der Waals surface area contributed by atoms with E-state index in [9.17, 15) is 4.79 Å². The molecule has 0 aromatic rings. The summed E-state index contributed by atoms with van der Waals surface area (Å²) in [4.78, 5) is 10.7. The van der Waals surface area contributed by atoms with Crippen molar-refractivity contribution in [2.45, 2.75) is 26.1 Å². The molecule has 0 N–H and O–H groups in total. The molecule has 1 fully saturated rings. The molecule has 1 aliphatic heterocycles. The maximum absolute atomic E-state index is 10.7. The van der Waals surface area contributed by atoms with Crippen molar-refractivity contribution in [2.75, 3.05) is 0 Å². The number of hydrogen-bond donors (Lipinski definition) is 0. The quantitative estimate of drug-likeness (QED) is 0.477. The third-order valence-corrected chi connectivity index (χ3v) is 1.09. The van der Waals surface area contributed by atoms with E-state index in [0.29, 0.717) is 5.76 Å². The molecule has 3 nitrogen and oxygen atoms in total. The largest absolute Gasteiger partial charge is 0.457 e. The molecule has 0 aromatic heterocycles. The first kappa shape index (κ1) is 7.12. The number of esters is 1. The summed E-state index contributed by atoms with van der Waals surface area (Å²) in [5.41, 5.74) is 0. The Morgan fingerprint density at radius 1 is 1.50 bits per heavy atom. The van der Waals surface area contributed by atoms with Crippen molar-refractivity contribution in [2.24, 2.45) is 0 Å². The van der Waals surface area contributed by atoms with Gasteiger partial charge in [-0.1, -0.05) is 6.58 Å². The smallest absolute Gasteiger partial charge is 0.316 e. The molecule has 1 rings (SSSR count). The molecule has 0 spiro atoms. The molecule has 0 unspecified atom stereocenters. The Balaban J connectivity index is 2.68. The number of carbonyl (C=O) groups excluding carboxylic acids is 1. The number of hydrogen-bond acceptors (Lipinski definition) is 3. The first-order valence-electron chi connectivity index (χ1n) is 3.08. The molecule has 3 heteroatoms. The van der Waals surface area contributed by atoms with E-state index in [0.717, 1.165) is 0 Å². The topological polar surface area (TPSA) is 35.5 Å². The van der Waals surface area contributed by atoms with Crippen LogP contribution in [-0.4, -0.2) is 11.8 Å². The molecular weight excluding hydrogens is 132 g/mol. The molecule has 0 atom stereocenters. The lowest BCUT2D eigenvalue weighted by Gasteiger charge is -2.31. The van der Waals surface area contributed by atoms with Gasteiger partial charge in [-0.05, 0) is 0 Å². The second-order valence-electron chi connectivity index (χ2n) is 2.69. The third kappa shape index (κ3) is 1.50. The lowest BCUT2D eigenvalue weighted by Crippen LogP contribution is -2.35. The van der Waals surface area contributed by atoms with Crippen LogP contribution < -0.4 is 0 Å². The van der Waals surface area contributed by atoms with Crippen molar-refractivity contribution in [3.8, 4) is 0 Å². The number of rotatable bonds is 0. The highest BCUT2D eigenvalue weighted by Crippen LogP contribution is 2.23. The highest BCUT2D eigenvalue weighted by molar-refractivity contribution is 5.72. The Kier molecular flexibility index (Phi) is 1.43. The van der Waals surface area contributed by atoms with Gasteiger partial charge in [0.15, 0.2) is 0 Å². The van der Waals surface area contributed by atoms with Crippen molar-refractivity contribution in [3.63, 3.8) is 0 Å². The Morgan fingerprint density at radius 3 is 2.50 bits per heavy atom. The zero-order chi connectivity index (χ0) is 7.78. The van der Waals surface area contributed by atoms with Gasteiger partial charge >= 0.3 is 5.97 Å². The van der Waals surface area contributed by atoms with Crippen LogP contribution in [0.3, 0.4) is 0 Å². The number of ether oxygens (including phenoxy) is 2. The lowest BCUT2D eigenvalue weighted by molar-refractivity contribution is -0.217. The van der Waals surface area contributed by atoms with Crippen LogP contribution in [0, 0.1) is 0 Å². The molecule has 0 aromatic carbocycles. The summed E-state index contributed by atoms with van der Waals surface area (Å²) < 4.78 is 9.93. The second kappa shape index (κ2) is 2.01. The van der Waals surface area contributed by atoms with E-state index in [2.05, 4.69) is 6.58 Å². The second-order valence-corrected chi connectivity index (χ2v) is 2.69. The summed E-state index contributed by atoms with van der Waals surface area (Å²) in [6, 6.07) is 0. The van der Waals surface area contributed by atoms with Crippen molar-refractivity contribution >= 4 is 5.97 Å². The van der Waals surface area contributed by atoms with Crippen LogP contribution in [0.5, 0.6) is 0 Å². The summed E-state index contributed by atoms with van der Waals surface area (Å²) in [5.74, 6) is -0.630. The SMILES string of the molecule is C=C1CC(=O)OC(C)(C)O1. The molecule has 0 amide bonds. The van der Waals surface area contributed by atoms with Gasteiger partial charge < -0.3 is 9.47 Å². The van der Waals surface area contributed by atoms with Crippen LogP contribution in [0.15, 0.2) is 12.3 Å². The van der Waals surface area contributed by atoms with Crippen LogP contribution >= 0.6 is 0 Å². The van der Waals surface area contributed by atoms with E-state index in [4.69, 9.17) is 9.47 Å². The minimum Gasteiger partial charge on any atom is -0.457 e. The first-order chi connectivity index (χ1) is 4.49. The van der Waals surface area contributed by atoms with Crippen molar-refractivity contribution in [1.29, 1.82) is 0 Å². The van der Waals surface area contributed by atoms with Crippen LogP contribution in [0.4, 0.5) is 0 Å². The van der Waals surface area contributed by atoms with Crippen molar-refractivity contribution < 1.29 is 14.3 Å². The Labute approximate surface area is 59.6 Å². The third-order valence-electron chi connectivity index (χ3n) is 1.09. The zero-order valence-electron chi connectivity index (χ0n) is 6.14. The standard InChI is InChI=1S/C7H10O3/c1-5-4-6(8)10-7(2,3)9-5/h1,4H2,2-3H3. The maximum Gasteiger partial charge on any atom is 0.316 e. The minimum absolute atomic E-state index is 0.170. The number of cyclic esters (lactones) is 1. The molecule has 0 saturated carbocycles. The van der Waals surface area contributed by atoms with Gasteiger partial charge in [-0.3, -0.25) is 4.79 Å². The van der Waals surface area contributed by atoms with Crippen molar-refractivity contribution in [3.05, 3.63) is 12.3 Å². The molecule has 0 bridgehead atoms. The van der Waals surface area contributed by atoms with Gasteiger partial charge in [0, 0.05) is 13.8 Å². The van der Waals surface area contributed by atoms with Gasteiger partial charge in [-0.15, -0.1) is 0 Å². The number of carbonyl (C=O) groups is 1. The summed E-state index contributed by atoms with van der Waals surface area (Å²) in [6.45, 7) is 6.89. The van der Waals surface area contributed by atoms with E-state index < -0.39 is 5.79 Å². The van der Waals surface area contributed by atoms with Crippen LogP contribution in [0.2, 0.25) is 0 Å². The Hall–Kier alpha value is -0.990. The normalized spacial score (nSPS) is 23.4. The molecule has 56 valence electrons. The van der Waals surface area contributed by atoms with Gasteiger partial charge in [0.05, 0.1) is 0 Å². The van der Waals surface area contributed by atoms with E-state index in [1.165, 1.54) is 0 Å². The molecule has 0 aliphatic carbocycles. The lowest BCUT2D eigenvalue weighted by atomic mass is 10.3. The highest BCUT2D eigenvalue weighted by Gasteiger charge is 2.30. The van der Waals surface area contributed by atoms with E-state index in [1.807, 2.05) is 0 Å².